The summed E-state index contributed by atoms with van der Waals surface area (Å²) in [5.41, 5.74) is 1.30. The van der Waals surface area contributed by atoms with E-state index in [2.05, 4.69) is 4.98 Å². The highest BCUT2D eigenvalue weighted by Crippen LogP contribution is 2.39. The summed E-state index contributed by atoms with van der Waals surface area (Å²) in [5, 5.41) is 1.52. The molecule has 4 aromatic carbocycles. The lowest BCUT2D eigenvalue weighted by Crippen LogP contribution is -2.11. The molecule has 0 unspecified atom stereocenters. The molecule has 7 heteroatoms. The Balaban J connectivity index is 1.55. The standard InChI is InChI=1S/C29H17F6N/c30-28(31,32)26-15-25(16-27(17-26)29(33,34)35)23-8-6-20-5-7-22(13-24(20)14-23)19-3-1-18(2-4-19)21-9-11-36-12-10-21/h1-17H. The molecule has 0 saturated heterocycles. The van der Waals surface area contributed by atoms with Crippen LogP contribution in [0.3, 0.4) is 0 Å². The van der Waals surface area contributed by atoms with Gasteiger partial charge in [0.2, 0.25) is 0 Å². The molecule has 1 aromatic heterocycles. The highest BCUT2D eigenvalue weighted by Gasteiger charge is 2.37. The van der Waals surface area contributed by atoms with Crippen molar-refractivity contribution >= 4 is 10.8 Å². The summed E-state index contributed by atoms with van der Waals surface area (Å²) in [5.74, 6) is 0. The lowest BCUT2D eigenvalue weighted by Gasteiger charge is -2.15. The van der Waals surface area contributed by atoms with Gasteiger partial charge in [-0.15, -0.1) is 0 Å². The first-order chi connectivity index (χ1) is 17.1. The molecule has 0 aliphatic rings. The minimum absolute atomic E-state index is 0.137. The molecular formula is C29H17F6N. The molecular weight excluding hydrogens is 476 g/mol. The Labute approximate surface area is 202 Å². The quantitative estimate of drug-likeness (QED) is 0.228. The van der Waals surface area contributed by atoms with Crippen LogP contribution < -0.4 is 0 Å². The fourth-order valence-corrected chi connectivity index (χ4v) is 4.13. The van der Waals surface area contributed by atoms with Gasteiger partial charge in [-0.2, -0.15) is 26.3 Å². The lowest BCUT2D eigenvalue weighted by molar-refractivity contribution is -0.143. The van der Waals surface area contributed by atoms with E-state index in [1.165, 1.54) is 6.07 Å². The highest BCUT2D eigenvalue weighted by molar-refractivity contribution is 5.91. The molecule has 0 amide bonds. The van der Waals surface area contributed by atoms with E-state index >= 15 is 0 Å². The molecule has 0 radical (unpaired) electrons. The zero-order chi connectivity index (χ0) is 25.5. The van der Waals surface area contributed by atoms with Crippen LogP contribution >= 0.6 is 0 Å². The van der Waals surface area contributed by atoms with E-state index in [9.17, 15) is 26.3 Å². The SMILES string of the molecule is FC(F)(F)c1cc(-c2ccc3ccc(-c4ccc(-c5ccncc5)cc4)cc3c2)cc(C(F)(F)F)c1. The molecule has 0 saturated carbocycles. The molecule has 180 valence electrons. The Bertz CT molecular complexity index is 1500. The van der Waals surface area contributed by atoms with E-state index in [0.717, 1.165) is 39.8 Å². The third-order valence-electron chi connectivity index (χ3n) is 5.99. The number of fused-ring (bicyclic) bond motifs is 1. The van der Waals surface area contributed by atoms with Gasteiger partial charge < -0.3 is 0 Å². The summed E-state index contributed by atoms with van der Waals surface area (Å²) < 4.78 is 79.9. The van der Waals surface area contributed by atoms with Gasteiger partial charge in [0.25, 0.3) is 0 Å². The number of hydrogen-bond donors (Lipinski definition) is 0. The first kappa shape index (κ1) is 23.6. The van der Waals surface area contributed by atoms with Gasteiger partial charge in [0.05, 0.1) is 11.1 Å². The van der Waals surface area contributed by atoms with Crippen molar-refractivity contribution in [2.75, 3.05) is 0 Å². The summed E-state index contributed by atoms with van der Waals surface area (Å²) in [6.07, 6.45) is -6.37. The van der Waals surface area contributed by atoms with Gasteiger partial charge in [-0.1, -0.05) is 48.5 Å². The third-order valence-corrected chi connectivity index (χ3v) is 5.99. The number of rotatable bonds is 3. The lowest BCUT2D eigenvalue weighted by atomic mass is 9.95. The molecule has 36 heavy (non-hydrogen) atoms. The molecule has 5 rings (SSSR count). The molecule has 0 aliphatic carbocycles. The minimum Gasteiger partial charge on any atom is -0.265 e. The number of benzene rings is 4. The fraction of sp³-hybridized carbons (Fsp3) is 0.0690. The zero-order valence-electron chi connectivity index (χ0n) is 18.5. The van der Waals surface area contributed by atoms with Crippen LogP contribution in [0.2, 0.25) is 0 Å². The minimum atomic E-state index is -4.90. The smallest absolute Gasteiger partial charge is 0.265 e. The van der Waals surface area contributed by atoms with Crippen LogP contribution in [0.25, 0.3) is 44.2 Å². The first-order valence-corrected chi connectivity index (χ1v) is 10.9. The van der Waals surface area contributed by atoms with Crippen LogP contribution in [0.15, 0.2) is 103 Å². The Morgan fingerprint density at radius 1 is 0.389 bits per heavy atom. The second-order valence-electron chi connectivity index (χ2n) is 8.38. The van der Waals surface area contributed by atoms with E-state index in [1.54, 1.807) is 24.5 Å². The average molecular weight is 493 g/mol. The van der Waals surface area contributed by atoms with E-state index in [0.29, 0.717) is 5.39 Å². The van der Waals surface area contributed by atoms with Crippen LogP contribution in [0, 0.1) is 0 Å². The van der Waals surface area contributed by atoms with Crippen molar-refractivity contribution in [3.63, 3.8) is 0 Å². The maximum absolute atomic E-state index is 13.3. The summed E-state index contributed by atoms with van der Waals surface area (Å²) in [6, 6.07) is 23.8. The molecule has 0 aliphatic heterocycles. The molecule has 0 N–H and O–H groups in total. The first-order valence-electron chi connectivity index (χ1n) is 10.9. The zero-order valence-corrected chi connectivity index (χ0v) is 18.5. The summed E-state index contributed by atoms with van der Waals surface area (Å²) in [4.78, 5) is 4.02. The van der Waals surface area contributed by atoms with Crippen LogP contribution in [0.5, 0.6) is 0 Å². The normalized spacial score (nSPS) is 12.2. The Hall–Kier alpha value is -4.13. The van der Waals surface area contributed by atoms with Crippen molar-refractivity contribution in [2.45, 2.75) is 12.4 Å². The van der Waals surface area contributed by atoms with Gasteiger partial charge in [0, 0.05) is 12.4 Å². The number of aromatic nitrogens is 1. The molecule has 5 aromatic rings. The van der Waals surface area contributed by atoms with Crippen molar-refractivity contribution in [3.8, 4) is 33.4 Å². The second-order valence-corrected chi connectivity index (χ2v) is 8.38. The topological polar surface area (TPSA) is 12.9 Å². The molecule has 1 heterocycles. The maximum Gasteiger partial charge on any atom is 0.416 e. The summed E-state index contributed by atoms with van der Waals surface area (Å²) >= 11 is 0. The van der Waals surface area contributed by atoms with Gasteiger partial charge in [-0.05, 0) is 86.6 Å². The van der Waals surface area contributed by atoms with Crippen LogP contribution in [0.4, 0.5) is 26.3 Å². The largest absolute Gasteiger partial charge is 0.416 e. The Kier molecular flexibility index (Phi) is 5.79. The summed E-state index contributed by atoms with van der Waals surface area (Å²) in [6.45, 7) is 0. The fourth-order valence-electron chi connectivity index (χ4n) is 4.13. The number of alkyl halides is 6. The van der Waals surface area contributed by atoms with E-state index in [4.69, 9.17) is 0 Å². The van der Waals surface area contributed by atoms with Gasteiger partial charge in [0.15, 0.2) is 0 Å². The number of pyridine rings is 1. The van der Waals surface area contributed by atoms with Crippen LogP contribution in [-0.2, 0) is 12.4 Å². The van der Waals surface area contributed by atoms with Crippen LogP contribution in [0.1, 0.15) is 11.1 Å². The van der Waals surface area contributed by atoms with Gasteiger partial charge in [-0.25, -0.2) is 0 Å². The van der Waals surface area contributed by atoms with Gasteiger partial charge >= 0.3 is 12.4 Å². The predicted octanol–water partition coefficient (Wildman–Crippen LogP) is 9.27. The number of halogens is 6. The maximum atomic E-state index is 13.3. The molecule has 0 fully saturated rings. The number of nitrogens with zero attached hydrogens (tertiary/aromatic N) is 1. The predicted molar refractivity (Wildman–Crippen MR) is 128 cm³/mol. The van der Waals surface area contributed by atoms with Crippen molar-refractivity contribution in [1.29, 1.82) is 0 Å². The summed E-state index contributed by atoms with van der Waals surface area (Å²) in [7, 11) is 0. The van der Waals surface area contributed by atoms with Gasteiger partial charge in [0.1, 0.15) is 0 Å². The van der Waals surface area contributed by atoms with Crippen molar-refractivity contribution < 1.29 is 26.3 Å². The van der Waals surface area contributed by atoms with Crippen molar-refractivity contribution in [1.82, 2.24) is 4.98 Å². The monoisotopic (exact) mass is 493 g/mol. The second kappa shape index (κ2) is 8.82. The molecule has 0 bridgehead atoms. The number of hydrogen-bond acceptors (Lipinski definition) is 1. The molecule has 0 atom stereocenters. The van der Waals surface area contributed by atoms with E-state index < -0.39 is 23.5 Å². The Morgan fingerprint density at radius 2 is 0.806 bits per heavy atom. The Morgan fingerprint density at radius 3 is 1.31 bits per heavy atom. The molecule has 0 spiro atoms. The van der Waals surface area contributed by atoms with Crippen LogP contribution in [-0.4, -0.2) is 4.98 Å². The van der Waals surface area contributed by atoms with Crippen molar-refractivity contribution in [3.05, 3.63) is 115 Å². The van der Waals surface area contributed by atoms with E-state index in [1.807, 2.05) is 54.6 Å². The van der Waals surface area contributed by atoms with Crippen molar-refractivity contribution in [2.24, 2.45) is 0 Å². The highest BCUT2D eigenvalue weighted by atomic mass is 19.4. The van der Waals surface area contributed by atoms with Gasteiger partial charge in [-0.3, -0.25) is 4.98 Å². The average Bonchev–Trinajstić information content (AvgIpc) is 2.87. The third kappa shape index (κ3) is 4.82. The molecule has 1 nitrogen and oxygen atoms in total. The van der Waals surface area contributed by atoms with E-state index in [-0.39, 0.29) is 17.2 Å².